The fraction of sp³-hybridized carbons (Fsp3) is 0.500. The van der Waals surface area contributed by atoms with Gasteiger partial charge in [-0.1, -0.05) is 0 Å². The van der Waals surface area contributed by atoms with Gasteiger partial charge in [0, 0.05) is 42.8 Å². The van der Waals surface area contributed by atoms with E-state index in [1.54, 1.807) is 23.5 Å². The number of fused-ring (bicyclic) bond motifs is 1. The Labute approximate surface area is 221 Å². The average molecular weight is 584 g/mol. The number of nitriles is 1. The number of nitrogens with zero attached hydrogens (tertiary/aromatic N) is 4. The molecule has 0 radical (unpaired) electrons. The Kier molecular flexibility index (Phi) is 11.4. The van der Waals surface area contributed by atoms with Crippen LogP contribution in [0.4, 0.5) is 26.3 Å². The van der Waals surface area contributed by atoms with Gasteiger partial charge in [-0.3, -0.25) is 4.90 Å². The molecular formula is C22H22F6N4O6S. The summed E-state index contributed by atoms with van der Waals surface area (Å²) in [5, 5.41) is 26.2. The average Bonchev–Trinajstić information content (AvgIpc) is 3.59. The third kappa shape index (κ3) is 10.7. The van der Waals surface area contributed by atoms with Crippen molar-refractivity contribution in [3.8, 4) is 11.9 Å². The largest absolute Gasteiger partial charge is 0.490 e. The minimum Gasteiger partial charge on any atom is -0.478 e. The van der Waals surface area contributed by atoms with Crippen LogP contribution >= 0.6 is 11.3 Å². The summed E-state index contributed by atoms with van der Waals surface area (Å²) in [6.07, 6.45) is -5.45. The molecule has 0 amide bonds. The molecule has 2 saturated heterocycles. The lowest BCUT2D eigenvalue weighted by Gasteiger charge is -2.18. The molecule has 0 unspecified atom stereocenters. The number of hydrogen-bond acceptors (Lipinski definition) is 9. The summed E-state index contributed by atoms with van der Waals surface area (Å²) >= 11 is 1.71. The van der Waals surface area contributed by atoms with E-state index < -0.39 is 24.3 Å². The lowest BCUT2D eigenvalue weighted by molar-refractivity contribution is -0.193. The van der Waals surface area contributed by atoms with Crippen molar-refractivity contribution in [1.29, 1.82) is 5.26 Å². The van der Waals surface area contributed by atoms with Crippen LogP contribution in [-0.2, 0) is 20.9 Å². The van der Waals surface area contributed by atoms with Gasteiger partial charge in [0.05, 0.1) is 31.4 Å². The minimum atomic E-state index is -5.08. The lowest BCUT2D eigenvalue weighted by atomic mass is 9.91. The SMILES string of the molecule is N#Cc1ccc(OCC[C@H]2CO[C@H]3CN(Cc4nccs4)C[C@@H]23)nc1.O=C(O)C(F)(F)F.O=C(O)C(F)(F)F. The number of aromatic nitrogens is 2. The standard InChI is InChI=1S/C18H20N4O2S.2C2HF3O2/c19-7-13-1-2-17(21-8-13)23-5-3-14-12-24-16-10-22(9-15(14)16)11-18-20-4-6-25-18;2*3-2(4,5)1(6)7/h1-2,4,6,8,14-16H,3,5,9-12H2;2*(H,6,7)/t14-,15-,16-;;/m0../s1. The number of halogens is 6. The Morgan fingerprint density at radius 2 is 1.77 bits per heavy atom. The molecule has 2 aromatic heterocycles. The number of thiazole rings is 1. The Hall–Kier alpha value is -3.49. The first-order valence-corrected chi connectivity index (χ1v) is 11.9. The Morgan fingerprint density at radius 3 is 2.26 bits per heavy atom. The number of carbonyl (C=O) groups is 2. The Bertz CT molecular complexity index is 1080. The van der Waals surface area contributed by atoms with Crippen molar-refractivity contribution in [1.82, 2.24) is 14.9 Å². The topological polar surface area (TPSA) is 146 Å². The molecule has 0 spiro atoms. The second-order valence-electron chi connectivity index (χ2n) is 8.16. The van der Waals surface area contributed by atoms with Gasteiger partial charge < -0.3 is 19.7 Å². The normalized spacial score (nSPS) is 20.5. The van der Waals surface area contributed by atoms with E-state index in [1.165, 1.54) is 11.2 Å². The first-order chi connectivity index (χ1) is 18.2. The summed E-state index contributed by atoms with van der Waals surface area (Å²) in [6, 6.07) is 5.53. The van der Waals surface area contributed by atoms with Crippen molar-refractivity contribution in [2.75, 3.05) is 26.3 Å². The number of carboxylic acids is 2. The first-order valence-electron chi connectivity index (χ1n) is 11.0. The van der Waals surface area contributed by atoms with Crippen molar-refractivity contribution in [3.05, 3.63) is 40.5 Å². The number of pyridine rings is 1. The number of ether oxygens (including phenoxy) is 2. The van der Waals surface area contributed by atoms with Crippen molar-refractivity contribution >= 4 is 23.3 Å². The molecule has 2 aliphatic heterocycles. The highest BCUT2D eigenvalue weighted by Gasteiger charge is 2.43. The predicted molar refractivity (Wildman–Crippen MR) is 121 cm³/mol. The second kappa shape index (κ2) is 14.1. The number of hydrogen-bond donors (Lipinski definition) is 2. The van der Waals surface area contributed by atoms with Gasteiger partial charge in [-0.25, -0.2) is 19.6 Å². The zero-order valence-electron chi connectivity index (χ0n) is 19.9. The van der Waals surface area contributed by atoms with Crippen LogP contribution in [0.25, 0.3) is 0 Å². The summed E-state index contributed by atoms with van der Waals surface area (Å²) in [7, 11) is 0. The molecule has 2 N–H and O–H groups in total. The van der Waals surface area contributed by atoms with Crippen molar-refractivity contribution in [2.24, 2.45) is 11.8 Å². The van der Waals surface area contributed by atoms with Crippen LogP contribution in [0.3, 0.4) is 0 Å². The molecule has 4 heterocycles. The zero-order valence-corrected chi connectivity index (χ0v) is 20.7. The summed E-state index contributed by atoms with van der Waals surface area (Å²) < 4.78 is 75.2. The molecule has 2 fully saturated rings. The molecule has 2 aliphatic rings. The van der Waals surface area contributed by atoms with Crippen LogP contribution in [0.5, 0.6) is 5.88 Å². The van der Waals surface area contributed by atoms with Crippen LogP contribution in [0.1, 0.15) is 17.0 Å². The molecule has 3 atom stereocenters. The highest BCUT2D eigenvalue weighted by atomic mass is 32.1. The summed E-state index contributed by atoms with van der Waals surface area (Å²) in [5.74, 6) is -3.83. The van der Waals surface area contributed by atoms with Gasteiger partial charge in [-0.2, -0.15) is 31.6 Å². The molecule has 0 saturated carbocycles. The van der Waals surface area contributed by atoms with Crippen molar-refractivity contribution < 1.29 is 55.6 Å². The fourth-order valence-corrected chi connectivity index (χ4v) is 4.33. The van der Waals surface area contributed by atoms with Crippen LogP contribution in [0, 0.1) is 23.2 Å². The van der Waals surface area contributed by atoms with E-state index >= 15 is 0 Å². The molecule has 4 rings (SSSR count). The molecule has 10 nitrogen and oxygen atoms in total. The number of likely N-dealkylation sites (tertiary alicyclic amines) is 1. The molecule has 214 valence electrons. The maximum Gasteiger partial charge on any atom is 0.490 e. The number of aliphatic carboxylic acids is 2. The third-order valence-corrected chi connectivity index (χ3v) is 6.21. The van der Waals surface area contributed by atoms with E-state index in [1.807, 2.05) is 11.6 Å². The Morgan fingerprint density at radius 1 is 1.13 bits per heavy atom. The Balaban J connectivity index is 0.000000317. The van der Waals surface area contributed by atoms with Crippen LogP contribution in [0.15, 0.2) is 29.9 Å². The van der Waals surface area contributed by atoms with Gasteiger partial charge >= 0.3 is 24.3 Å². The van der Waals surface area contributed by atoms with E-state index in [0.29, 0.717) is 36.0 Å². The quantitative estimate of drug-likeness (QED) is 0.483. The minimum absolute atomic E-state index is 0.345. The van der Waals surface area contributed by atoms with E-state index in [9.17, 15) is 26.3 Å². The van der Waals surface area contributed by atoms with E-state index in [-0.39, 0.29) is 0 Å². The first kappa shape index (κ1) is 31.7. The maximum absolute atomic E-state index is 10.6. The van der Waals surface area contributed by atoms with E-state index in [4.69, 9.17) is 34.5 Å². The molecule has 39 heavy (non-hydrogen) atoms. The number of alkyl halides is 6. The summed E-state index contributed by atoms with van der Waals surface area (Å²) in [6.45, 7) is 4.45. The highest BCUT2D eigenvalue weighted by molar-refractivity contribution is 7.09. The monoisotopic (exact) mass is 584 g/mol. The number of rotatable bonds is 6. The van der Waals surface area contributed by atoms with Gasteiger partial charge in [0.2, 0.25) is 5.88 Å². The molecule has 0 aromatic carbocycles. The van der Waals surface area contributed by atoms with Gasteiger partial charge in [-0.15, -0.1) is 11.3 Å². The molecule has 2 aromatic rings. The van der Waals surface area contributed by atoms with Crippen LogP contribution in [-0.4, -0.2) is 81.8 Å². The third-order valence-electron chi connectivity index (χ3n) is 5.45. The van der Waals surface area contributed by atoms with Crippen LogP contribution in [0.2, 0.25) is 0 Å². The fourth-order valence-electron chi connectivity index (χ4n) is 3.68. The maximum atomic E-state index is 10.6. The molecular weight excluding hydrogens is 562 g/mol. The van der Waals surface area contributed by atoms with Crippen molar-refractivity contribution in [3.63, 3.8) is 0 Å². The smallest absolute Gasteiger partial charge is 0.478 e. The zero-order chi connectivity index (χ0) is 29.2. The van der Waals surface area contributed by atoms with Gasteiger partial charge in [0.15, 0.2) is 0 Å². The van der Waals surface area contributed by atoms with Crippen molar-refractivity contribution in [2.45, 2.75) is 31.4 Å². The van der Waals surface area contributed by atoms with Gasteiger partial charge in [0.25, 0.3) is 0 Å². The van der Waals surface area contributed by atoms with Gasteiger partial charge in [-0.05, 0) is 18.4 Å². The summed E-state index contributed by atoms with van der Waals surface area (Å²) in [5.41, 5.74) is 0.547. The molecule has 0 aliphatic carbocycles. The molecule has 17 heteroatoms. The highest BCUT2D eigenvalue weighted by Crippen LogP contribution is 2.36. The summed E-state index contributed by atoms with van der Waals surface area (Å²) in [4.78, 5) is 28.8. The molecule has 0 bridgehead atoms. The van der Waals surface area contributed by atoms with Crippen LogP contribution < -0.4 is 4.74 Å². The van der Waals surface area contributed by atoms with E-state index in [0.717, 1.165) is 32.7 Å². The van der Waals surface area contributed by atoms with Gasteiger partial charge in [0.1, 0.15) is 11.1 Å². The predicted octanol–water partition coefficient (Wildman–Crippen LogP) is 3.59. The number of carboxylic acid groups (broad SMARTS) is 2. The second-order valence-corrected chi connectivity index (χ2v) is 9.13. The van der Waals surface area contributed by atoms with E-state index in [2.05, 4.69) is 20.9 Å². The lowest BCUT2D eigenvalue weighted by Crippen LogP contribution is -2.24.